The van der Waals surface area contributed by atoms with Gasteiger partial charge in [0.2, 0.25) is 11.8 Å². The van der Waals surface area contributed by atoms with Gasteiger partial charge in [-0.25, -0.2) is 4.39 Å². The van der Waals surface area contributed by atoms with Crippen LogP contribution in [0.2, 0.25) is 0 Å². The Kier molecular flexibility index (Phi) is 5.08. The van der Waals surface area contributed by atoms with Crippen molar-refractivity contribution in [2.24, 2.45) is 0 Å². The topological polar surface area (TPSA) is 60.9 Å². The van der Waals surface area contributed by atoms with Crippen molar-refractivity contribution in [3.05, 3.63) is 35.6 Å². The van der Waals surface area contributed by atoms with E-state index in [4.69, 9.17) is 0 Å². The molecule has 0 aromatic heterocycles. The van der Waals surface area contributed by atoms with Crippen LogP contribution in [0, 0.1) is 5.82 Å². The maximum atomic E-state index is 13.6. The maximum Gasteiger partial charge on any atom is 0.242 e. The van der Waals surface area contributed by atoms with Crippen LogP contribution in [-0.4, -0.2) is 59.5 Å². The summed E-state index contributed by atoms with van der Waals surface area (Å²) in [6, 6.07) is 6.22. The normalized spacial score (nSPS) is 20.0. The fourth-order valence-electron chi connectivity index (χ4n) is 3.80. The number of piperidine rings is 1. The van der Waals surface area contributed by atoms with Gasteiger partial charge < -0.3 is 14.9 Å². The minimum absolute atomic E-state index is 0.0198. The van der Waals surface area contributed by atoms with Gasteiger partial charge in [0.1, 0.15) is 5.82 Å². The summed E-state index contributed by atoms with van der Waals surface area (Å²) in [4.78, 5) is 28.6. The molecular weight excluding hydrogens is 323 g/mol. The van der Waals surface area contributed by atoms with Crippen molar-refractivity contribution in [1.29, 1.82) is 0 Å². The molecule has 3 rings (SSSR count). The Morgan fingerprint density at radius 3 is 2.56 bits per heavy atom. The summed E-state index contributed by atoms with van der Waals surface area (Å²) in [7, 11) is 1.64. The molecule has 0 bridgehead atoms. The summed E-state index contributed by atoms with van der Waals surface area (Å²) in [6.07, 6.45) is 3.11. The van der Waals surface area contributed by atoms with E-state index >= 15 is 0 Å². The van der Waals surface area contributed by atoms with E-state index in [1.807, 2.05) is 0 Å². The van der Waals surface area contributed by atoms with Crippen molar-refractivity contribution >= 4 is 11.8 Å². The van der Waals surface area contributed by atoms with Gasteiger partial charge in [0.25, 0.3) is 0 Å². The molecule has 0 atom stereocenters. The van der Waals surface area contributed by atoms with Gasteiger partial charge in [-0.15, -0.1) is 0 Å². The lowest BCUT2D eigenvalue weighted by atomic mass is 9.63. The lowest BCUT2D eigenvalue weighted by Crippen LogP contribution is -2.53. The third-order valence-electron chi connectivity index (χ3n) is 5.53. The lowest BCUT2D eigenvalue weighted by Gasteiger charge is -2.43. The summed E-state index contributed by atoms with van der Waals surface area (Å²) in [5.41, 5.74) is -0.000903. The van der Waals surface area contributed by atoms with Crippen LogP contribution in [0.3, 0.4) is 0 Å². The van der Waals surface area contributed by atoms with Crippen molar-refractivity contribution in [2.45, 2.75) is 43.6 Å². The summed E-state index contributed by atoms with van der Waals surface area (Å²) < 4.78 is 13.6. The summed E-state index contributed by atoms with van der Waals surface area (Å²) in [5.74, 6) is -0.562. The Labute approximate surface area is 147 Å². The Morgan fingerprint density at radius 1 is 1.32 bits per heavy atom. The first-order valence-electron chi connectivity index (χ1n) is 8.90. The average molecular weight is 348 g/mol. The number of aliphatic hydroxyl groups excluding tert-OH is 1. The van der Waals surface area contributed by atoms with Crippen LogP contribution in [0.25, 0.3) is 0 Å². The molecule has 1 saturated carbocycles. The number of rotatable bonds is 4. The Bertz CT molecular complexity index is 652. The fraction of sp³-hybridized carbons (Fsp3) is 0.579. The van der Waals surface area contributed by atoms with Crippen molar-refractivity contribution < 1.29 is 19.1 Å². The molecule has 1 aliphatic heterocycles. The van der Waals surface area contributed by atoms with Gasteiger partial charge in [-0.05, 0) is 43.4 Å². The zero-order chi connectivity index (χ0) is 18.0. The molecule has 0 unspecified atom stereocenters. The smallest absolute Gasteiger partial charge is 0.242 e. The lowest BCUT2D eigenvalue weighted by molar-refractivity contribution is -0.146. The zero-order valence-electron chi connectivity index (χ0n) is 14.6. The molecule has 1 aromatic rings. The summed E-state index contributed by atoms with van der Waals surface area (Å²) in [5, 5.41) is 9.54. The van der Waals surface area contributed by atoms with E-state index in [1.165, 1.54) is 17.0 Å². The number of halogens is 1. The summed E-state index contributed by atoms with van der Waals surface area (Å²) >= 11 is 0. The van der Waals surface area contributed by atoms with Crippen LogP contribution in [0.5, 0.6) is 0 Å². The number of nitrogens with zero attached hydrogens (tertiary/aromatic N) is 2. The standard InChI is InChI=1S/C19H25FN2O3/c1-21(13-17(24)22-10-6-16(23)7-11-22)18(25)19(8-3-9-19)14-4-2-5-15(20)12-14/h2,4-5,12,16,23H,3,6-11,13H2,1H3. The molecule has 2 aliphatic rings. The predicted octanol–water partition coefficient (Wildman–Crippen LogP) is 1.69. The third kappa shape index (κ3) is 3.54. The molecule has 1 N–H and O–H groups in total. The van der Waals surface area contributed by atoms with Crippen LogP contribution in [0.4, 0.5) is 4.39 Å². The number of hydrogen-bond donors (Lipinski definition) is 1. The molecule has 136 valence electrons. The Hall–Kier alpha value is -1.95. The second-order valence-corrected chi connectivity index (χ2v) is 7.22. The van der Waals surface area contributed by atoms with Gasteiger partial charge in [-0.3, -0.25) is 9.59 Å². The number of aliphatic hydroxyl groups is 1. The number of carbonyl (C=O) groups excluding carboxylic acids is 2. The zero-order valence-corrected chi connectivity index (χ0v) is 14.6. The number of likely N-dealkylation sites (N-methyl/N-ethyl adjacent to an activating group) is 1. The molecule has 5 nitrogen and oxygen atoms in total. The first kappa shape index (κ1) is 17.9. The molecule has 0 radical (unpaired) electrons. The molecule has 1 saturated heterocycles. The molecule has 1 aromatic carbocycles. The second kappa shape index (κ2) is 7.12. The SMILES string of the molecule is CN(CC(=O)N1CCC(O)CC1)C(=O)C1(c2cccc(F)c2)CCC1. The van der Waals surface area contributed by atoms with E-state index in [2.05, 4.69) is 0 Å². The minimum atomic E-state index is -0.699. The van der Waals surface area contributed by atoms with E-state index in [-0.39, 0.29) is 30.3 Å². The highest BCUT2D eigenvalue weighted by Gasteiger charge is 2.47. The average Bonchev–Trinajstić information content (AvgIpc) is 2.54. The highest BCUT2D eigenvalue weighted by molar-refractivity contribution is 5.92. The number of benzene rings is 1. The molecule has 2 fully saturated rings. The Morgan fingerprint density at radius 2 is 2.00 bits per heavy atom. The van der Waals surface area contributed by atoms with Gasteiger partial charge in [0.15, 0.2) is 0 Å². The molecule has 25 heavy (non-hydrogen) atoms. The van der Waals surface area contributed by atoms with Crippen LogP contribution < -0.4 is 0 Å². The predicted molar refractivity (Wildman–Crippen MR) is 91.4 cm³/mol. The van der Waals surface area contributed by atoms with Crippen molar-refractivity contribution in [1.82, 2.24) is 9.80 Å². The van der Waals surface area contributed by atoms with Gasteiger partial charge in [-0.2, -0.15) is 0 Å². The maximum absolute atomic E-state index is 13.6. The molecule has 1 aliphatic carbocycles. The number of amides is 2. The van der Waals surface area contributed by atoms with Crippen LogP contribution in [0.15, 0.2) is 24.3 Å². The van der Waals surface area contributed by atoms with Crippen molar-refractivity contribution in [3.63, 3.8) is 0 Å². The second-order valence-electron chi connectivity index (χ2n) is 7.22. The largest absolute Gasteiger partial charge is 0.393 e. The van der Waals surface area contributed by atoms with Gasteiger partial charge in [-0.1, -0.05) is 18.6 Å². The number of hydrogen-bond acceptors (Lipinski definition) is 3. The fourth-order valence-corrected chi connectivity index (χ4v) is 3.80. The van der Waals surface area contributed by atoms with Crippen molar-refractivity contribution in [3.8, 4) is 0 Å². The van der Waals surface area contributed by atoms with Crippen LogP contribution >= 0.6 is 0 Å². The van der Waals surface area contributed by atoms with Crippen LogP contribution in [-0.2, 0) is 15.0 Å². The molecule has 2 amide bonds. The monoisotopic (exact) mass is 348 g/mol. The quantitative estimate of drug-likeness (QED) is 0.901. The van der Waals surface area contributed by atoms with Crippen molar-refractivity contribution in [2.75, 3.05) is 26.7 Å². The highest BCUT2D eigenvalue weighted by Crippen LogP contribution is 2.45. The highest BCUT2D eigenvalue weighted by atomic mass is 19.1. The van der Waals surface area contributed by atoms with E-state index in [0.717, 1.165) is 6.42 Å². The van der Waals surface area contributed by atoms with E-state index in [9.17, 15) is 19.1 Å². The number of carbonyl (C=O) groups is 2. The van der Waals surface area contributed by atoms with Crippen LogP contribution in [0.1, 0.15) is 37.7 Å². The summed E-state index contributed by atoms with van der Waals surface area (Å²) in [6.45, 7) is 1.07. The first-order chi connectivity index (χ1) is 11.9. The number of likely N-dealkylation sites (tertiary alicyclic amines) is 1. The first-order valence-corrected chi connectivity index (χ1v) is 8.90. The van der Waals surface area contributed by atoms with E-state index in [0.29, 0.717) is 44.3 Å². The molecule has 6 heteroatoms. The van der Waals surface area contributed by atoms with Gasteiger partial charge in [0.05, 0.1) is 18.1 Å². The molecular formula is C19H25FN2O3. The third-order valence-corrected chi connectivity index (χ3v) is 5.53. The van der Waals surface area contributed by atoms with E-state index < -0.39 is 5.41 Å². The van der Waals surface area contributed by atoms with Gasteiger partial charge >= 0.3 is 0 Å². The molecule has 0 spiro atoms. The Balaban J connectivity index is 1.67. The van der Waals surface area contributed by atoms with E-state index in [1.54, 1.807) is 24.1 Å². The van der Waals surface area contributed by atoms with Gasteiger partial charge in [0, 0.05) is 20.1 Å². The minimum Gasteiger partial charge on any atom is -0.393 e. The molecule has 1 heterocycles.